The topological polar surface area (TPSA) is 63.2 Å². The van der Waals surface area contributed by atoms with Gasteiger partial charge >= 0.3 is 0 Å². The summed E-state index contributed by atoms with van der Waals surface area (Å²) in [6, 6.07) is 4.74. The maximum atomic E-state index is 13.6. The second kappa shape index (κ2) is 8.30. The van der Waals surface area contributed by atoms with Gasteiger partial charge < -0.3 is 15.4 Å². The van der Waals surface area contributed by atoms with Crippen LogP contribution in [0.2, 0.25) is 0 Å². The molecule has 2 rings (SSSR count). The first kappa shape index (κ1) is 17.7. The second-order valence-corrected chi connectivity index (χ2v) is 4.88. The highest BCUT2D eigenvalue weighted by Crippen LogP contribution is 2.17. The Bertz CT molecular complexity index is 708. The number of carbonyl (C=O) groups is 1. The number of aromatic nitrogens is 1. The van der Waals surface area contributed by atoms with Crippen LogP contribution in [0.15, 0.2) is 30.5 Å². The predicted octanol–water partition coefficient (Wildman–Crippen LogP) is 3.20. The number of halogens is 3. The molecule has 0 radical (unpaired) electrons. The molecule has 128 valence electrons. The Hall–Kier alpha value is -2.61. The van der Waals surface area contributed by atoms with Crippen LogP contribution >= 0.6 is 0 Å². The van der Waals surface area contributed by atoms with E-state index in [0.29, 0.717) is 19.2 Å². The Kier molecular flexibility index (Phi) is 6.14. The molecule has 2 N–H and O–H groups in total. The van der Waals surface area contributed by atoms with E-state index >= 15 is 0 Å². The number of anilines is 2. The molecule has 0 spiro atoms. The minimum atomic E-state index is -1.69. The van der Waals surface area contributed by atoms with Crippen molar-refractivity contribution in [1.82, 2.24) is 4.98 Å². The van der Waals surface area contributed by atoms with Gasteiger partial charge in [-0.05, 0) is 30.7 Å². The third-order valence-electron chi connectivity index (χ3n) is 3.14. The Morgan fingerprint density at radius 1 is 1.17 bits per heavy atom. The summed E-state index contributed by atoms with van der Waals surface area (Å²) in [7, 11) is 1.62. The van der Waals surface area contributed by atoms with Crippen molar-refractivity contribution in [3.05, 3.63) is 53.5 Å². The van der Waals surface area contributed by atoms with Crippen molar-refractivity contribution in [3.8, 4) is 0 Å². The molecule has 0 saturated carbocycles. The number of carbonyl (C=O) groups excluding carboxylic acids is 1. The quantitative estimate of drug-likeness (QED) is 0.601. The fourth-order valence-electron chi connectivity index (χ4n) is 1.91. The van der Waals surface area contributed by atoms with Crippen molar-refractivity contribution in [2.45, 2.75) is 6.42 Å². The summed E-state index contributed by atoms with van der Waals surface area (Å²) in [5.41, 5.74) is 0.139. The molecule has 0 aliphatic carbocycles. The lowest BCUT2D eigenvalue weighted by atomic mass is 10.2. The molecule has 0 aliphatic heterocycles. The zero-order chi connectivity index (χ0) is 17.5. The summed E-state index contributed by atoms with van der Waals surface area (Å²) in [5.74, 6) is -5.34. The number of rotatable bonds is 7. The highest BCUT2D eigenvalue weighted by atomic mass is 19.2. The molecule has 1 heterocycles. The monoisotopic (exact) mass is 339 g/mol. The lowest BCUT2D eigenvalue weighted by molar-refractivity contribution is 0.102. The fraction of sp³-hybridized carbons (Fsp3) is 0.250. The second-order valence-electron chi connectivity index (χ2n) is 4.88. The van der Waals surface area contributed by atoms with E-state index in [1.165, 1.54) is 12.3 Å². The van der Waals surface area contributed by atoms with Crippen molar-refractivity contribution < 1.29 is 22.7 Å². The zero-order valence-corrected chi connectivity index (χ0v) is 12.9. The van der Waals surface area contributed by atoms with Gasteiger partial charge in [-0.25, -0.2) is 18.2 Å². The number of amides is 1. The Balaban J connectivity index is 1.98. The number of nitrogens with one attached hydrogen (secondary N) is 2. The minimum Gasteiger partial charge on any atom is -0.385 e. The van der Waals surface area contributed by atoms with E-state index in [1.807, 2.05) is 0 Å². The molecular weight excluding hydrogens is 323 g/mol. The minimum absolute atomic E-state index is 0.159. The molecule has 0 aliphatic rings. The van der Waals surface area contributed by atoms with Crippen LogP contribution in [-0.4, -0.2) is 31.2 Å². The number of nitrogens with zero attached hydrogens (tertiary/aromatic N) is 1. The summed E-state index contributed by atoms with van der Waals surface area (Å²) >= 11 is 0. The summed E-state index contributed by atoms with van der Waals surface area (Å²) in [4.78, 5) is 15.9. The zero-order valence-electron chi connectivity index (χ0n) is 12.9. The largest absolute Gasteiger partial charge is 0.385 e. The molecular formula is C16H16F3N3O2. The van der Waals surface area contributed by atoms with Gasteiger partial charge in [0.05, 0.1) is 17.4 Å². The van der Waals surface area contributed by atoms with E-state index in [0.717, 1.165) is 18.2 Å². The molecule has 1 amide bonds. The van der Waals surface area contributed by atoms with Crippen LogP contribution in [0.4, 0.5) is 24.7 Å². The Labute approximate surface area is 136 Å². The van der Waals surface area contributed by atoms with Gasteiger partial charge in [-0.15, -0.1) is 0 Å². The van der Waals surface area contributed by atoms with Crippen LogP contribution in [0.25, 0.3) is 0 Å². The fourth-order valence-corrected chi connectivity index (χ4v) is 1.91. The number of hydrogen-bond acceptors (Lipinski definition) is 4. The molecule has 0 saturated heterocycles. The number of benzene rings is 1. The van der Waals surface area contributed by atoms with Crippen molar-refractivity contribution in [3.63, 3.8) is 0 Å². The van der Waals surface area contributed by atoms with E-state index in [9.17, 15) is 18.0 Å². The van der Waals surface area contributed by atoms with Gasteiger partial charge in [-0.3, -0.25) is 4.79 Å². The Morgan fingerprint density at radius 3 is 2.62 bits per heavy atom. The van der Waals surface area contributed by atoms with Crippen molar-refractivity contribution >= 4 is 17.4 Å². The molecule has 2 aromatic rings. The number of hydrogen-bond donors (Lipinski definition) is 2. The molecule has 1 aromatic carbocycles. The lowest BCUT2D eigenvalue weighted by Crippen LogP contribution is -2.16. The normalized spacial score (nSPS) is 10.5. The van der Waals surface area contributed by atoms with Gasteiger partial charge in [-0.1, -0.05) is 0 Å². The third-order valence-corrected chi connectivity index (χ3v) is 3.14. The summed E-state index contributed by atoms with van der Waals surface area (Å²) in [6.45, 7) is 1.33. The molecule has 0 atom stereocenters. The predicted molar refractivity (Wildman–Crippen MR) is 83.5 cm³/mol. The van der Waals surface area contributed by atoms with Crippen molar-refractivity contribution in [2.24, 2.45) is 0 Å². The van der Waals surface area contributed by atoms with Crippen molar-refractivity contribution in [2.75, 3.05) is 30.9 Å². The molecule has 1 aromatic heterocycles. The van der Waals surface area contributed by atoms with E-state index in [-0.39, 0.29) is 5.82 Å². The highest BCUT2D eigenvalue weighted by Gasteiger charge is 2.19. The summed E-state index contributed by atoms with van der Waals surface area (Å²) < 4.78 is 44.5. The average molecular weight is 339 g/mol. The smallest absolute Gasteiger partial charge is 0.259 e. The Morgan fingerprint density at radius 2 is 1.96 bits per heavy atom. The van der Waals surface area contributed by atoms with Gasteiger partial charge in [0.15, 0.2) is 17.5 Å². The molecule has 5 nitrogen and oxygen atoms in total. The first-order valence-corrected chi connectivity index (χ1v) is 7.16. The van der Waals surface area contributed by atoms with Gasteiger partial charge in [-0.2, -0.15) is 0 Å². The first-order chi connectivity index (χ1) is 11.5. The van der Waals surface area contributed by atoms with Gasteiger partial charge in [0.1, 0.15) is 5.82 Å². The molecule has 0 unspecified atom stereocenters. The number of methoxy groups -OCH3 is 1. The van der Waals surface area contributed by atoms with Crippen LogP contribution in [-0.2, 0) is 4.74 Å². The van der Waals surface area contributed by atoms with Crippen LogP contribution in [0.3, 0.4) is 0 Å². The van der Waals surface area contributed by atoms with Crippen LogP contribution in [0, 0.1) is 17.5 Å². The maximum absolute atomic E-state index is 13.6. The van der Waals surface area contributed by atoms with E-state index in [4.69, 9.17) is 4.74 Å². The van der Waals surface area contributed by atoms with Gasteiger partial charge in [0.25, 0.3) is 5.91 Å². The third kappa shape index (κ3) is 4.45. The highest BCUT2D eigenvalue weighted by molar-refractivity contribution is 6.04. The van der Waals surface area contributed by atoms with E-state index < -0.39 is 28.9 Å². The maximum Gasteiger partial charge on any atom is 0.259 e. The van der Waals surface area contributed by atoms with Crippen LogP contribution in [0.1, 0.15) is 16.8 Å². The summed E-state index contributed by atoms with van der Waals surface area (Å²) in [6.07, 6.45) is 2.31. The molecule has 0 bridgehead atoms. The van der Waals surface area contributed by atoms with E-state index in [1.54, 1.807) is 13.2 Å². The number of pyridine rings is 1. The molecule has 8 heteroatoms. The lowest BCUT2D eigenvalue weighted by Gasteiger charge is -2.08. The SMILES string of the molecule is COCCCNc1ccc(NC(=O)c2ccc(F)c(F)c2F)nc1. The van der Waals surface area contributed by atoms with Crippen LogP contribution < -0.4 is 10.6 Å². The van der Waals surface area contributed by atoms with Crippen molar-refractivity contribution in [1.29, 1.82) is 0 Å². The molecule has 24 heavy (non-hydrogen) atoms. The molecule has 0 fully saturated rings. The standard InChI is InChI=1S/C16H16F3N3O2/c1-24-8-2-7-20-10-3-6-13(21-9-10)22-16(23)11-4-5-12(17)15(19)14(11)18/h3-6,9,20H,2,7-8H2,1H3,(H,21,22,23). The average Bonchev–Trinajstić information content (AvgIpc) is 2.58. The first-order valence-electron chi connectivity index (χ1n) is 7.16. The summed E-state index contributed by atoms with van der Waals surface area (Å²) in [5, 5.41) is 5.43. The van der Waals surface area contributed by atoms with E-state index in [2.05, 4.69) is 15.6 Å². The van der Waals surface area contributed by atoms with Crippen LogP contribution in [0.5, 0.6) is 0 Å². The number of ether oxygens (including phenoxy) is 1. The van der Waals surface area contributed by atoms with Gasteiger partial charge in [0.2, 0.25) is 0 Å². The van der Waals surface area contributed by atoms with Gasteiger partial charge in [0, 0.05) is 20.3 Å².